The number of esters is 3. The van der Waals surface area contributed by atoms with Crippen LogP contribution < -0.4 is 0 Å². The number of rotatable bonds is 63. The standard InChI is InChI=1S/C76H130O6/c1-4-7-10-13-16-19-22-25-27-29-31-32-33-34-35-36-37-38-39-40-41-42-43-44-45-47-48-51-54-57-60-63-66-69-75(78)81-72-73(71-80-74(77)68-65-62-59-56-53-50-24-21-18-15-12-9-6-3)82-76(79)70-67-64-61-58-55-52-49-46-30-28-26-23-20-17-14-11-8-5-2/h7,9-10,12,16,18-19,21,25,27,31-32,34-35,37-38,50,53,73H,4-6,8,11,13-15,17,20,22-24,26,28-30,33,36,39-49,51-52,54-72H2,1-3H3/b10-7-,12-9-,19-16-,21-18-,27-25-,32-31-,35-34-,38-37-,53-50-. The van der Waals surface area contributed by atoms with Crippen molar-refractivity contribution in [3.05, 3.63) is 109 Å². The fourth-order valence-electron chi connectivity index (χ4n) is 9.88. The van der Waals surface area contributed by atoms with Gasteiger partial charge in [0, 0.05) is 19.3 Å². The first kappa shape index (κ1) is 78.1. The van der Waals surface area contributed by atoms with E-state index >= 15 is 0 Å². The predicted molar refractivity (Wildman–Crippen MR) is 357 cm³/mol. The molecule has 0 aliphatic rings. The fourth-order valence-corrected chi connectivity index (χ4v) is 9.88. The molecule has 0 fully saturated rings. The van der Waals surface area contributed by atoms with Crippen LogP contribution in [0.5, 0.6) is 0 Å². The lowest BCUT2D eigenvalue weighted by Crippen LogP contribution is -2.30. The summed E-state index contributed by atoms with van der Waals surface area (Å²) < 4.78 is 16.9. The Labute approximate surface area is 508 Å². The molecule has 0 N–H and O–H groups in total. The van der Waals surface area contributed by atoms with Crippen molar-refractivity contribution in [1.82, 2.24) is 0 Å². The van der Waals surface area contributed by atoms with E-state index in [4.69, 9.17) is 14.2 Å². The molecule has 0 aliphatic carbocycles. The molecule has 0 radical (unpaired) electrons. The van der Waals surface area contributed by atoms with E-state index in [1.807, 2.05) is 0 Å². The summed E-state index contributed by atoms with van der Waals surface area (Å²) in [5.74, 6) is -0.900. The van der Waals surface area contributed by atoms with Crippen molar-refractivity contribution >= 4 is 17.9 Å². The summed E-state index contributed by atoms with van der Waals surface area (Å²) in [6.07, 6.45) is 95.5. The Morgan fingerprint density at radius 2 is 0.476 bits per heavy atom. The van der Waals surface area contributed by atoms with E-state index in [1.54, 1.807) is 0 Å². The summed E-state index contributed by atoms with van der Waals surface area (Å²) in [4.78, 5) is 38.4. The van der Waals surface area contributed by atoms with Gasteiger partial charge in [0.05, 0.1) is 0 Å². The molecular weight excluding hydrogens is 1010 g/mol. The molecule has 1 unspecified atom stereocenters. The van der Waals surface area contributed by atoms with Crippen LogP contribution in [-0.2, 0) is 28.6 Å². The Hall–Kier alpha value is -3.93. The molecule has 470 valence electrons. The molecule has 0 spiro atoms. The molecule has 0 saturated carbocycles. The minimum Gasteiger partial charge on any atom is -0.462 e. The first-order valence-electron chi connectivity index (χ1n) is 34.9. The number of hydrogen-bond donors (Lipinski definition) is 0. The van der Waals surface area contributed by atoms with E-state index in [9.17, 15) is 14.4 Å². The molecule has 6 nitrogen and oxygen atoms in total. The van der Waals surface area contributed by atoms with Gasteiger partial charge < -0.3 is 14.2 Å². The number of unbranched alkanes of at least 4 members (excludes halogenated alkanes) is 34. The molecule has 0 saturated heterocycles. The highest BCUT2D eigenvalue weighted by molar-refractivity contribution is 5.71. The van der Waals surface area contributed by atoms with Gasteiger partial charge in [-0.05, 0) is 103 Å². The van der Waals surface area contributed by atoms with Gasteiger partial charge in [0.1, 0.15) is 13.2 Å². The highest BCUT2D eigenvalue weighted by Gasteiger charge is 2.19. The van der Waals surface area contributed by atoms with Crippen LogP contribution in [0.4, 0.5) is 0 Å². The van der Waals surface area contributed by atoms with Gasteiger partial charge in [-0.3, -0.25) is 14.4 Å². The molecule has 0 aromatic rings. The van der Waals surface area contributed by atoms with Gasteiger partial charge in [0.15, 0.2) is 6.10 Å². The smallest absolute Gasteiger partial charge is 0.306 e. The first-order valence-corrected chi connectivity index (χ1v) is 34.9. The van der Waals surface area contributed by atoms with Crippen molar-refractivity contribution in [2.24, 2.45) is 0 Å². The Kier molecular flexibility index (Phi) is 66.2. The van der Waals surface area contributed by atoms with E-state index in [0.717, 1.165) is 122 Å². The van der Waals surface area contributed by atoms with Crippen LogP contribution in [0.25, 0.3) is 0 Å². The molecule has 0 aromatic heterocycles. The Balaban J connectivity index is 4.21. The second kappa shape index (κ2) is 69.6. The van der Waals surface area contributed by atoms with Crippen molar-refractivity contribution in [2.75, 3.05) is 13.2 Å². The molecule has 0 aromatic carbocycles. The topological polar surface area (TPSA) is 78.9 Å². The van der Waals surface area contributed by atoms with Crippen LogP contribution in [0.3, 0.4) is 0 Å². The maximum atomic E-state index is 12.9. The molecular formula is C76H130O6. The second-order valence-electron chi connectivity index (χ2n) is 23.0. The third-order valence-electron chi connectivity index (χ3n) is 15.0. The monoisotopic (exact) mass is 1140 g/mol. The van der Waals surface area contributed by atoms with Crippen LogP contribution in [0.1, 0.15) is 335 Å². The quantitative estimate of drug-likeness (QED) is 0.0261. The van der Waals surface area contributed by atoms with Gasteiger partial charge in [0.2, 0.25) is 0 Å². The highest BCUT2D eigenvalue weighted by atomic mass is 16.6. The minimum absolute atomic E-state index is 0.0843. The van der Waals surface area contributed by atoms with Crippen LogP contribution in [0, 0.1) is 0 Å². The Bertz CT molecular complexity index is 1640. The van der Waals surface area contributed by atoms with Crippen molar-refractivity contribution in [2.45, 2.75) is 341 Å². The number of allylic oxidation sites excluding steroid dienone is 18. The number of carbonyl (C=O) groups is 3. The summed E-state index contributed by atoms with van der Waals surface area (Å²) in [5, 5.41) is 0. The third kappa shape index (κ3) is 66.9. The molecule has 6 heteroatoms. The number of ether oxygens (including phenoxy) is 3. The Morgan fingerprint density at radius 3 is 0.756 bits per heavy atom. The Morgan fingerprint density at radius 1 is 0.256 bits per heavy atom. The number of carbonyl (C=O) groups excluding carboxylic acids is 3. The summed E-state index contributed by atoms with van der Waals surface area (Å²) in [6, 6.07) is 0. The van der Waals surface area contributed by atoms with Crippen LogP contribution >= 0.6 is 0 Å². The van der Waals surface area contributed by atoms with Gasteiger partial charge in [-0.1, -0.05) is 323 Å². The van der Waals surface area contributed by atoms with Crippen molar-refractivity contribution in [1.29, 1.82) is 0 Å². The van der Waals surface area contributed by atoms with Gasteiger partial charge >= 0.3 is 17.9 Å². The molecule has 0 bridgehead atoms. The van der Waals surface area contributed by atoms with E-state index in [0.29, 0.717) is 19.3 Å². The van der Waals surface area contributed by atoms with Gasteiger partial charge in [-0.25, -0.2) is 0 Å². The summed E-state index contributed by atoms with van der Waals surface area (Å²) in [5.41, 5.74) is 0. The van der Waals surface area contributed by atoms with Crippen molar-refractivity contribution in [3.63, 3.8) is 0 Å². The highest BCUT2D eigenvalue weighted by Crippen LogP contribution is 2.17. The predicted octanol–water partition coefficient (Wildman–Crippen LogP) is 24.2. The molecule has 0 heterocycles. The molecule has 0 amide bonds. The zero-order valence-corrected chi connectivity index (χ0v) is 54.0. The second-order valence-corrected chi connectivity index (χ2v) is 23.0. The van der Waals surface area contributed by atoms with E-state index in [1.165, 1.54) is 173 Å². The van der Waals surface area contributed by atoms with E-state index in [2.05, 4.69) is 130 Å². The largest absolute Gasteiger partial charge is 0.462 e. The van der Waals surface area contributed by atoms with Crippen LogP contribution in [0.15, 0.2) is 109 Å². The molecule has 0 rings (SSSR count). The van der Waals surface area contributed by atoms with Crippen molar-refractivity contribution < 1.29 is 28.6 Å². The van der Waals surface area contributed by atoms with E-state index < -0.39 is 6.10 Å². The van der Waals surface area contributed by atoms with Gasteiger partial charge in [-0.15, -0.1) is 0 Å². The normalized spacial score (nSPS) is 12.8. The lowest BCUT2D eigenvalue weighted by molar-refractivity contribution is -0.167. The minimum atomic E-state index is -0.789. The SMILES string of the molecule is CC/C=C\C/C=C\C/C=C\C/C=C\C/C=C\C/C=C\CCCCCCCCCCCCCCCCC(=O)OCC(COC(=O)CCCCC/C=C\C/C=C\C/C=C\CC)OC(=O)CCCCCCCCCCCCCCCCCCCC. The maximum absolute atomic E-state index is 12.9. The zero-order chi connectivity index (χ0) is 59.2. The van der Waals surface area contributed by atoms with Crippen molar-refractivity contribution in [3.8, 4) is 0 Å². The number of hydrogen-bond acceptors (Lipinski definition) is 6. The lowest BCUT2D eigenvalue weighted by atomic mass is 10.0. The van der Waals surface area contributed by atoms with Crippen LogP contribution in [0.2, 0.25) is 0 Å². The maximum Gasteiger partial charge on any atom is 0.306 e. The molecule has 82 heavy (non-hydrogen) atoms. The lowest BCUT2D eigenvalue weighted by Gasteiger charge is -2.18. The third-order valence-corrected chi connectivity index (χ3v) is 15.0. The summed E-state index contributed by atoms with van der Waals surface area (Å²) in [6.45, 7) is 6.42. The van der Waals surface area contributed by atoms with E-state index in [-0.39, 0.29) is 31.1 Å². The van der Waals surface area contributed by atoms with Crippen LogP contribution in [-0.4, -0.2) is 37.2 Å². The van der Waals surface area contributed by atoms with Gasteiger partial charge in [-0.2, -0.15) is 0 Å². The average molecular weight is 1140 g/mol. The molecule has 1 atom stereocenters. The first-order chi connectivity index (χ1) is 40.5. The summed E-state index contributed by atoms with van der Waals surface area (Å²) in [7, 11) is 0. The zero-order valence-electron chi connectivity index (χ0n) is 54.0. The average Bonchev–Trinajstić information content (AvgIpc) is 3.47. The van der Waals surface area contributed by atoms with Gasteiger partial charge in [0.25, 0.3) is 0 Å². The summed E-state index contributed by atoms with van der Waals surface area (Å²) >= 11 is 0. The molecule has 0 aliphatic heterocycles. The fraction of sp³-hybridized carbons (Fsp3) is 0.724.